The van der Waals surface area contributed by atoms with Crippen molar-refractivity contribution in [3.63, 3.8) is 0 Å². The molecule has 5 heteroatoms. The Morgan fingerprint density at radius 1 is 1.09 bits per heavy atom. The van der Waals surface area contributed by atoms with Crippen LogP contribution in [0.5, 0.6) is 0 Å². The molecule has 1 heterocycles. The summed E-state index contributed by atoms with van der Waals surface area (Å²) in [6, 6.07) is 8.44. The zero-order chi connectivity index (χ0) is 16.4. The van der Waals surface area contributed by atoms with Gasteiger partial charge in [-0.25, -0.2) is 4.79 Å². The van der Waals surface area contributed by atoms with Crippen LogP contribution in [0, 0.1) is 5.92 Å². The van der Waals surface area contributed by atoms with Crippen LogP contribution in [0.15, 0.2) is 24.3 Å². The van der Waals surface area contributed by atoms with E-state index in [4.69, 9.17) is 0 Å². The van der Waals surface area contributed by atoms with Crippen LogP contribution in [0.25, 0.3) is 0 Å². The number of hydrogen-bond acceptors (Lipinski definition) is 2. The average Bonchev–Trinajstić information content (AvgIpc) is 3.12. The highest BCUT2D eigenvalue weighted by Gasteiger charge is 2.29. The van der Waals surface area contributed by atoms with Crippen molar-refractivity contribution in [1.29, 1.82) is 0 Å². The molecule has 0 saturated carbocycles. The van der Waals surface area contributed by atoms with Gasteiger partial charge in [-0.15, -0.1) is 0 Å². The van der Waals surface area contributed by atoms with E-state index in [0.717, 1.165) is 25.8 Å². The molecule has 2 aliphatic rings. The average molecular weight is 315 g/mol. The molecule has 1 aliphatic carbocycles. The first kappa shape index (κ1) is 15.8. The van der Waals surface area contributed by atoms with E-state index in [2.05, 4.69) is 22.8 Å². The minimum absolute atomic E-state index is 0.0135. The van der Waals surface area contributed by atoms with Gasteiger partial charge in [-0.1, -0.05) is 38.1 Å². The second-order valence-corrected chi connectivity index (χ2v) is 6.92. The predicted octanol–water partition coefficient (Wildman–Crippen LogP) is 1.71. The van der Waals surface area contributed by atoms with Gasteiger partial charge in [0.05, 0.1) is 0 Å². The predicted molar refractivity (Wildman–Crippen MR) is 89.1 cm³/mol. The molecular formula is C18H25N3O2. The van der Waals surface area contributed by atoms with E-state index in [9.17, 15) is 9.59 Å². The van der Waals surface area contributed by atoms with E-state index >= 15 is 0 Å². The lowest BCUT2D eigenvalue weighted by Crippen LogP contribution is -2.47. The van der Waals surface area contributed by atoms with Gasteiger partial charge in [0.15, 0.2) is 0 Å². The number of nitrogens with zero attached hydrogens (tertiary/aromatic N) is 1. The first-order chi connectivity index (χ1) is 11.0. The summed E-state index contributed by atoms with van der Waals surface area (Å²) in [5.74, 6) is 0.181. The van der Waals surface area contributed by atoms with Crippen molar-refractivity contribution in [2.24, 2.45) is 5.92 Å². The zero-order valence-electron chi connectivity index (χ0n) is 13.8. The molecule has 3 amide bonds. The number of carbonyl (C=O) groups excluding carboxylic acids is 2. The van der Waals surface area contributed by atoms with Gasteiger partial charge in [-0.3, -0.25) is 4.79 Å². The molecule has 1 fully saturated rings. The molecule has 1 aromatic rings. The van der Waals surface area contributed by atoms with Crippen LogP contribution in [0.3, 0.4) is 0 Å². The quantitative estimate of drug-likeness (QED) is 0.892. The summed E-state index contributed by atoms with van der Waals surface area (Å²) in [5, 5.41) is 6.08. The zero-order valence-corrected chi connectivity index (χ0v) is 13.8. The number of urea groups is 1. The molecular weight excluding hydrogens is 290 g/mol. The third-order valence-electron chi connectivity index (χ3n) is 4.72. The summed E-state index contributed by atoms with van der Waals surface area (Å²) >= 11 is 0. The Kier molecular flexibility index (Phi) is 4.55. The van der Waals surface area contributed by atoms with E-state index in [1.165, 1.54) is 11.1 Å². The second kappa shape index (κ2) is 6.60. The molecule has 3 rings (SSSR count). The van der Waals surface area contributed by atoms with E-state index in [-0.39, 0.29) is 29.9 Å². The SMILES string of the molecule is CC(C)C(=O)N1CCC(NC(=O)NC2Cc3ccccc3C2)C1. The minimum Gasteiger partial charge on any atom is -0.340 e. The van der Waals surface area contributed by atoms with Crippen LogP contribution in [-0.2, 0) is 17.6 Å². The van der Waals surface area contributed by atoms with Gasteiger partial charge in [0.1, 0.15) is 0 Å². The Bertz CT molecular complexity index is 575. The van der Waals surface area contributed by atoms with Gasteiger partial charge in [0.25, 0.3) is 0 Å². The van der Waals surface area contributed by atoms with Crippen molar-refractivity contribution >= 4 is 11.9 Å². The molecule has 0 aromatic heterocycles. The monoisotopic (exact) mass is 315 g/mol. The first-order valence-corrected chi connectivity index (χ1v) is 8.45. The molecule has 23 heavy (non-hydrogen) atoms. The molecule has 0 bridgehead atoms. The number of rotatable bonds is 3. The summed E-state index contributed by atoms with van der Waals surface area (Å²) in [5.41, 5.74) is 2.65. The summed E-state index contributed by atoms with van der Waals surface area (Å²) in [7, 11) is 0. The Morgan fingerprint density at radius 2 is 1.70 bits per heavy atom. The highest BCUT2D eigenvalue weighted by molar-refractivity contribution is 5.79. The van der Waals surface area contributed by atoms with Crippen LogP contribution in [0.4, 0.5) is 4.79 Å². The number of amides is 3. The summed E-state index contributed by atoms with van der Waals surface area (Å²) < 4.78 is 0. The molecule has 1 saturated heterocycles. The van der Waals surface area contributed by atoms with Crippen LogP contribution in [-0.4, -0.2) is 42.0 Å². The lowest BCUT2D eigenvalue weighted by atomic mass is 10.1. The summed E-state index contributed by atoms with van der Waals surface area (Å²) in [6.07, 6.45) is 2.62. The van der Waals surface area contributed by atoms with Gasteiger partial charge in [-0.05, 0) is 30.4 Å². The fraction of sp³-hybridized carbons (Fsp3) is 0.556. The maximum absolute atomic E-state index is 12.2. The molecule has 0 radical (unpaired) electrons. The maximum atomic E-state index is 12.2. The normalized spacial score (nSPS) is 20.7. The van der Waals surface area contributed by atoms with Crippen LogP contribution in [0.1, 0.15) is 31.4 Å². The standard InChI is InChI=1S/C18H25N3O2/c1-12(2)17(22)21-8-7-15(11-21)19-18(23)20-16-9-13-5-3-4-6-14(13)10-16/h3-6,12,15-16H,7-11H2,1-2H3,(H2,19,20,23). The number of nitrogens with one attached hydrogen (secondary N) is 2. The summed E-state index contributed by atoms with van der Waals surface area (Å²) in [6.45, 7) is 5.17. The third kappa shape index (κ3) is 3.66. The highest BCUT2D eigenvalue weighted by Crippen LogP contribution is 2.21. The summed E-state index contributed by atoms with van der Waals surface area (Å²) in [4.78, 5) is 26.0. The lowest BCUT2D eigenvalue weighted by Gasteiger charge is -2.20. The van der Waals surface area contributed by atoms with Crippen molar-refractivity contribution in [2.45, 2.75) is 45.2 Å². The molecule has 1 unspecified atom stereocenters. The smallest absolute Gasteiger partial charge is 0.315 e. The number of carbonyl (C=O) groups is 2. The molecule has 5 nitrogen and oxygen atoms in total. The van der Waals surface area contributed by atoms with Gasteiger partial charge < -0.3 is 15.5 Å². The molecule has 1 aliphatic heterocycles. The Balaban J connectivity index is 1.45. The highest BCUT2D eigenvalue weighted by atomic mass is 16.2. The van der Waals surface area contributed by atoms with Gasteiger partial charge in [-0.2, -0.15) is 0 Å². The number of fused-ring (bicyclic) bond motifs is 1. The van der Waals surface area contributed by atoms with Crippen molar-refractivity contribution in [2.75, 3.05) is 13.1 Å². The van der Waals surface area contributed by atoms with Crippen LogP contribution in [0.2, 0.25) is 0 Å². The lowest BCUT2D eigenvalue weighted by molar-refractivity contribution is -0.133. The Morgan fingerprint density at radius 3 is 2.30 bits per heavy atom. The number of likely N-dealkylation sites (tertiary alicyclic amines) is 1. The third-order valence-corrected chi connectivity index (χ3v) is 4.72. The first-order valence-electron chi connectivity index (χ1n) is 8.45. The number of hydrogen-bond donors (Lipinski definition) is 2. The van der Waals surface area contributed by atoms with Crippen molar-refractivity contribution in [1.82, 2.24) is 15.5 Å². The number of benzene rings is 1. The van der Waals surface area contributed by atoms with Gasteiger partial charge >= 0.3 is 6.03 Å². The molecule has 0 spiro atoms. The second-order valence-electron chi connectivity index (χ2n) is 6.92. The Labute approximate surface area is 137 Å². The van der Waals surface area contributed by atoms with Gasteiger partial charge in [0.2, 0.25) is 5.91 Å². The maximum Gasteiger partial charge on any atom is 0.315 e. The fourth-order valence-electron chi connectivity index (χ4n) is 3.52. The fourth-order valence-corrected chi connectivity index (χ4v) is 3.52. The van der Waals surface area contributed by atoms with Crippen molar-refractivity contribution in [3.05, 3.63) is 35.4 Å². The van der Waals surface area contributed by atoms with Crippen LogP contribution >= 0.6 is 0 Å². The minimum atomic E-state index is -0.119. The van der Waals surface area contributed by atoms with Gasteiger partial charge in [0, 0.05) is 31.1 Å². The van der Waals surface area contributed by atoms with Crippen molar-refractivity contribution in [3.8, 4) is 0 Å². The molecule has 124 valence electrons. The topological polar surface area (TPSA) is 61.4 Å². The van der Waals surface area contributed by atoms with Crippen LogP contribution < -0.4 is 10.6 Å². The largest absolute Gasteiger partial charge is 0.340 e. The van der Waals surface area contributed by atoms with E-state index < -0.39 is 0 Å². The van der Waals surface area contributed by atoms with E-state index in [0.29, 0.717) is 6.54 Å². The molecule has 1 aromatic carbocycles. The molecule has 2 N–H and O–H groups in total. The van der Waals surface area contributed by atoms with E-state index in [1.807, 2.05) is 30.9 Å². The van der Waals surface area contributed by atoms with E-state index in [1.54, 1.807) is 0 Å². The Hall–Kier alpha value is -2.04. The van der Waals surface area contributed by atoms with Crippen molar-refractivity contribution < 1.29 is 9.59 Å². The molecule has 1 atom stereocenters.